The lowest BCUT2D eigenvalue weighted by atomic mass is 10.0. The highest BCUT2D eigenvalue weighted by Crippen LogP contribution is 2.22. The Morgan fingerprint density at radius 1 is 1.43 bits per heavy atom. The number of rotatable bonds is 1. The molecule has 0 radical (unpaired) electrons. The molecule has 0 saturated carbocycles. The summed E-state index contributed by atoms with van der Waals surface area (Å²) in [7, 11) is 0. The summed E-state index contributed by atoms with van der Waals surface area (Å²) in [5, 5.41) is 9.94. The number of aryl methyl sites for hydroxylation is 2. The summed E-state index contributed by atoms with van der Waals surface area (Å²) < 4.78 is 0. The van der Waals surface area contributed by atoms with Gasteiger partial charge in [-0.2, -0.15) is 5.26 Å². The lowest BCUT2D eigenvalue weighted by Gasteiger charge is -2.02. The van der Waals surface area contributed by atoms with Crippen LogP contribution in [0.3, 0.4) is 0 Å². The average Bonchev–Trinajstić information content (AvgIpc) is 2.62. The van der Waals surface area contributed by atoms with Gasteiger partial charge in [-0.25, -0.2) is 0 Å². The summed E-state index contributed by atoms with van der Waals surface area (Å²) in [6.07, 6.45) is 1.04. The lowest BCUT2D eigenvalue weighted by Crippen LogP contribution is -1.85. The first-order valence-electron chi connectivity index (χ1n) is 4.77. The van der Waals surface area contributed by atoms with Gasteiger partial charge < -0.3 is 4.98 Å². The van der Waals surface area contributed by atoms with Crippen LogP contribution in [-0.4, -0.2) is 4.98 Å². The maximum absolute atomic E-state index is 8.77. The molecule has 2 aromatic rings. The summed E-state index contributed by atoms with van der Waals surface area (Å²) in [6.45, 7) is 4.25. The first kappa shape index (κ1) is 8.83. The molecule has 0 fully saturated rings. The number of hydrogen-bond donors (Lipinski definition) is 1. The lowest BCUT2D eigenvalue weighted by molar-refractivity contribution is 1.12. The SMILES string of the molecule is CCc1ccc2[nH]c(C#N)cc2c1C. The zero-order valence-corrected chi connectivity index (χ0v) is 8.39. The summed E-state index contributed by atoms with van der Waals surface area (Å²) >= 11 is 0. The van der Waals surface area contributed by atoms with Crippen molar-refractivity contribution in [2.45, 2.75) is 20.3 Å². The molecule has 2 rings (SSSR count). The molecule has 2 nitrogen and oxygen atoms in total. The van der Waals surface area contributed by atoms with Gasteiger partial charge in [0.2, 0.25) is 0 Å². The number of nitriles is 1. The van der Waals surface area contributed by atoms with Gasteiger partial charge >= 0.3 is 0 Å². The second-order valence-corrected chi connectivity index (χ2v) is 3.46. The molecule has 0 unspecified atom stereocenters. The van der Waals surface area contributed by atoms with E-state index in [9.17, 15) is 0 Å². The topological polar surface area (TPSA) is 39.6 Å². The maximum atomic E-state index is 8.77. The largest absolute Gasteiger partial charge is 0.346 e. The number of nitrogens with zero attached hydrogens (tertiary/aromatic N) is 1. The maximum Gasteiger partial charge on any atom is 0.118 e. The van der Waals surface area contributed by atoms with E-state index in [1.54, 1.807) is 0 Å². The first-order chi connectivity index (χ1) is 6.76. The van der Waals surface area contributed by atoms with E-state index in [0.29, 0.717) is 5.69 Å². The van der Waals surface area contributed by atoms with Crippen molar-refractivity contribution in [2.75, 3.05) is 0 Å². The Morgan fingerprint density at radius 2 is 2.21 bits per heavy atom. The van der Waals surface area contributed by atoms with Crippen molar-refractivity contribution in [3.8, 4) is 6.07 Å². The van der Waals surface area contributed by atoms with Crippen molar-refractivity contribution < 1.29 is 0 Å². The van der Waals surface area contributed by atoms with Gasteiger partial charge in [-0.05, 0) is 36.6 Å². The van der Waals surface area contributed by atoms with Crippen LogP contribution >= 0.6 is 0 Å². The van der Waals surface area contributed by atoms with Crippen molar-refractivity contribution in [3.05, 3.63) is 35.0 Å². The van der Waals surface area contributed by atoms with Crippen molar-refractivity contribution >= 4 is 10.9 Å². The molecule has 0 spiro atoms. The van der Waals surface area contributed by atoms with E-state index in [2.05, 4.69) is 31.0 Å². The van der Waals surface area contributed by atoms with E-state index < -0.39 is 0 Å². The Kier molecular flexibility index (Phi) is 2.01. The van der Waals surface area contributed by atoms with Crippen LogP contribution in [0, 0.1) is 18.3 Å². The molecule has 1 heterocycles. The van der Waals surface area contributed by atoms with Crippen LogP contribution in [0.15, 0.2) is 18.2 Å². The minimum absolute atomic E-state index is 0.636. The highest BCUT2D eigenvalue weighted by molar-refractivity contribution is 5.85. The fourth-order valence-electron chi connectivity index (χ4n) is 1.84. The second kappa shape index (κ2) is 3.19. The molecule has 70 valence electrons. The Bertz CT molecular complexity index is 515. The molecule has 0 bridgehead atoms. The number of fused-ring (bicyclic) bond motifs is 1. The average molecular weight is 184 g/mol. The number of aromatic nitrogens is 1. The number of benzene rings is 1. The smallest absolute Gasteiger partial charge is 0.118 e. The molecule has 0 saturated heterocycles. The second-order valence-electron chi connectivity index (χ2n) is 3.46. The van der Waals surface area contributed by atoms with E-state index >= 15 is 0 Å². The van der Waals surface area contributed by atoms with Gasteiger partial charge in [0.05, 0.1) is 0 Å². The Labute approximate surface area is 83.2 Å². The van der Waals surface area contributed by atoms with Gasteiger partial charge in [0.15, 0.2) is 0 Å². The van der Waals surface area contributed by atoms with E-state index in [0.717, 1.165) is 11.9 Å². The van der Waals surface area contributed by atoms with Crippen LogP contribution in [-0.2, 0) is 6.42 Å². The standard InChI is InChI=1S/C12H12N2/c1-3-9-4-5-12-11(8(9)2)6-10(7-13)14-12/h4-6,14H,3H2,1-2H3. The van der Waals surface area contributed by atoms with Gasteiger partial charge in [-0.15, -0.1) is 0 Å². The molecule has 0 aliphatic heterocycles. The molecule has 1 aromatic heterocycles. The molecular weight excluding hydrogens is 172 g/mol. The number of nitrogens with one attached hydrogen (secondary N) is 1. The van der Waals surface area contributed by atoms with Crippen molar-refractivity contribution in [1.82, 2.24) is 4.98 Å². The highest BCUT2D eigenvalue weighted by Gasteiger charge is 2.05. The quantitative estimate of drug-likeness (QED) is 0.727. The van der Waals surface area contributed by atoms with Crippen LogP contribution in [0.25, 0.3) is 10.9 Å². The van der Waals surface area contributed by atoms with Crippen LogP contribution in [0.1, 0.15) is 23.7 Å². The van der Waals surface area contributed by atoms with Crippen LogP contribution in [0.5, 0.6) is 0 Å². The Morgan fingerprint density at radius 3 is 2.86 bits per heavy atom. The fourth-order valence-corrected chi connectivity index (χ4v) is 1.84. The van der Waals surface area contributed by atoms with Crippen LogP contribution in [0.4, 0.5) is 0 Å². The van der Waals surface area contributed by atoms with Crippen LogP contribution < -0.4 is 0 Å². The zero-order chi connectivity index (χ0) is 10.1. The molecule has 2 heteroatoms. The predicted molar refractivity (Wildman–Crippen MR) is 57.1 cm³/mol. The molecule has 0 aliphatic carbocycles. The minimum atomic E-state index is 0.636. The summed E-state index contributed by atoms with van der Waals surface area (Å²) in [6, 6.07) is 8.21. The van der Waals surface area contributed by atoms with E-state index in [4.69, 9.17) is 5.26 Å². The third kappa shape index (κ3) is 1.18. The summed E-state index contributed by atoms with van der Waals surface area (Å²) in [5.41, 5.74) is 4.32. The third-order valence-corrected chi connectivity index (χ3v) is 2.69. The Balaban J connectivity index is 2.76. The number of H-pyrrole nitrogens is 1. The molecular formula is C12H12N2. The highest BCUT2D eigenvalue weighted by atomic mass is 14.7. The molecule has 0 amide bonds. The van der Waals surface area contributed by atoms with E-state index in [1.807, 2.05) is 12.1 Å². The monoisotopic (exact) mass is 184 g/mol. The molecule has 1 aromatic carbocycles. The first-order valence-corrected chi connectivity index (χ1v) is 4.77. The molecule has 1 N–H and O–H groups in total. The van der Waals surface area contributed by atoms with Crippen LogP contribution in [0.2, 0.25) is 0 Å². The molecule has 14 heavy (non-hydrogen) atoms. The van der Waals surface area contributed by atoms with E-state index in [-0.39, 0.29) is 0 Å². The zero-order valence-electron chi connectivity index (χ0n) is 8.39. The van der Waals surface area contributed by atoms with Gasteiger partial charge in [0.25, 0.3) is 0 Å². The van der Waals surface area contributed by atoms with Gasteiger partial charge in [-0.3, -0.25) is 0 Å². The molecule has 0 aliphatic rings. The van der Waals surface area contributed by atoms with Gasteiger partial charge in [0.1, 0.15) is 11.8 Å². The molecule has 0 atom stereocenters. The Hall–Kier alpha value is -1.75. The van der Waals surface area contributed by atoms with Crippen molar-refractivity contribution in [2.24, 2.45) is 0 Å². The fraction of sp³-hybridized carbons (Fsp3) is 0.250. The van der Waals surface area contributed by atoms with Gasteiger partial charge in [-0.1, -0.05) is 13.0 Å². The summed E-state index contributed by atoms with van der Waals surface area (Å²) in [4.78, 5) is 3.08. The van der Waals surface area contributed by atoms with E-state index in [1.165, 1.54) is 16.5 Å². The van der Waals surface area contributed by atoms with Crippen molar-refractivity contribution in [1.29, 1.82) is 5.26 Å². The third-order valence-electron chi connectivity index (χ3n) is 2.69. The number of hydrogen-bond acceptors (Lipinski definition) is 1. The minimum Gasteiger partial charge on any atom is -0.346 e. The predicted octanol–water partition coefficient (Wildman–Crippen LogP) is 2.91. The number of aromatic amines is 1. The van der Waals surface area contributed by atoms with Gasteiger partial charge in [0, 0.05) is 10.9 Å². The summed E-state index contributed by atoms with van der Waals surface area (Å²) in [5.74, 6) is 0. The normalized spacial score (nSPS) is 10.4. The van der Waals surface area contributed by atoms with Crippen molar-refractivity contribution in [3.63, 3.8) is 0 Å².